The Kier molecular flexibility index (Phi) is 5.45. The molecule has 3 rings (SSSR count). The van der Waals surface area contributed by atoms with E-state index in [4.69, 9.17) is 15.7 Å². The van der Waals surface area contributed by atoms with Crippen molar-refractivity contribution in [1.29, 1.82) is 0 Å². The van der Waals surface area contributed by atoms with E-state index in [-0.39, 0.29) is 35.1 Å². The molecule has 1 aromatic heterocycles. The number of aliphatic carboxylic acids is 1. The van der Waals surface area contributed by atoms with Gasteiger partial charge in [-0.15, -0.1) is 11.8 Å². The second-order valence-electron chi connectivity index (χ2n) is 6.05. The normalized spacial score (nSPS) is 21.3. The number of aromatic nitrogens is 2. The number of β-lactam (4-membered cyclic amide) rings is 1. The number of carbonyl (C=O) groups excluding carboxylic acids is 3. The zero-order valence-electron chi connectivity index (χ0n) is 14.9. The quantitative estimate of drug-likeness (QED) is 0.117. The monoisotopic (exact) mass is 424 g/mol. The van der Waals surface area contributed by atoms with Crippen molar-refractivity contribution in [2.75, 3.05) is 18.1 Å². The van der Waals surface area contributed by atoms with Gasteiger partial charge in [-0.1, -0.05) is 5.16 Å². The maximum absolute atomic E-state index is 12.5. The van der Waals surface area contributed by atoms with Crippen LogP contribution in [0.15, 0.2) is 22.5 Å². The Bertz CT molecular complexity index is 955. The number of fused-ring (bicyclic) bond motifs is 1. The number of hydrogen-bond acceptors (Lipinski definition) is 10. The van der Waals surface area contributed by atoms with Crippen LogP contribution >= 0.6 is 11.8 Å². The molecule has 1 saturated heterocycles. The fourth-order valence-electron chi connectivity index (χ4n) is 2.87. The molecule has 0 saturated carbocycles. The minimum absolute atomic E-state index is 0.0391. The summed E-state index contributed by atoms with van der Waals surface area (Å²) in [6.07, 6.45) is 0. The molecule has 0 spiro atoms. The standard InChI is InChI=1S/C15H16N6O7S/c1-5(22)28-3-6-4-29-14-10(13(24)21(14)11(6)15(25)26)17-12(23)9(20-27)7-2-8(16)19-18-7/h2,10,14,27H,3-4H2,1H3,(H,17,23)(H,25,26)(H3,16,18,19)/t10?,14-/m1/s1. The van der Waals surface area contributed by atoms with Crippen molar-refractivity contribution in [3.05, 3.63) is 23.0 Å². The summed E-state index contributed by atoms with van der Waals surface area (Å²) in [5.74, 6) is -3.20. The number of H-pyrrole nitrogens is 1. The van der Waals surface area contributed by atoms with Gasteiger partial charge in [-0.05, 0) is 0 Å². The van der Waals surface area contributed by atoms with Crippen LogP contribution < -0.4 is 11.1 Å². The molecule has 0 radical (unpaired) electrons. The SMILES string of the molecule is CC(=O)OCC1=C(C(=O)O)N2C(=O)C(NC(=O)C(=NO)c3cc(N)n[nH]3)[C@H]2SC1. The number of hydrogen-bond donors (Lipinski definition) is 5. The van der Waals surface area contributed by atoms with Gasteiger partial charge in [0.2, 0.25) is 0 Å². The maximum atomic E-state index is 12.5. The highest BCUT2D eigenvalue weighted by molar-refractivity contribution is 8.00. The molecule has 6 N–H and O–H groups in total. The van der Waals surface area contributed by atoms with E-state index in [1.165, 1.54) is 24.8 Å². The molecule has 2 aliphatic heterocycles. The van der Waals surface area contributed by atoms with Crippen LogP contribution in [0.25, 0.3) is 0 Å². The lowest BCUT2D eigenvalue weighted by Crippen LogP contribution is -2.71. The summed E-state index contributed by atoms with van der Waals surface area (Å²) < 4.78 is 4.85. The Labute approximate surface area is 166 Å². The Morgan fingerprint density at radius 2 is 2.24 bits per heavy atom. The fraction of sp³-hybridized carbons (Fsp3) is 0.333. The lowest BCUT2D eigenvalue weighted by atomic mass is 10.0. The van der Waals surface area contributed by atoms with E-state index in [0.717, 1.165) is 4.90 Å². The smallest absolute Gasteiger partial charge is 0.352 e. The van der Waals surface area contributed by atoms with E-state index in [9.17, 15) is 24.3 Å². The molecule has 2 atom stereocenters. The first-order valence-corrected chi connectivity index (χ1v) is 9.17. The number of nitrogens with zero attached hydrogens (tertiary/aromatic N) is 3. The number of ether oxygens (including phenoxy) is 1. The summed E-state index contributed by atoms with van der Waals surface area (Å²) in [6.45, 7) is 0.938. The van der Waals surface area contributed by atoms with E-state index in [1.54, 1.807) is 0 Å². The topological polar surface area (TPSA) is 200 Å². The molecule has 13 nitrogen and oxygen atoms in total. The molecular weight excluding hydrogens is 408 g/mol. The van der Waals surface area contributed by atoms with Crippen molar-refractivity contribution in [3.8, 4) is 0 Å². The lowest BCUT2D eigenvalue weighted by Gasteiger charge is -2.49. The van der Waals surface area contributed by atoms with E-state index >= 15 is 0 Å². The van der Waals surface area contributed by atoms with Crippen molar-refractivity contribution in [1.82, 2.24) is 20.4 Å². The molecule has 1 unspecified atom stereocenters. The minimum Gasteiger partial charge on any atom is -0.477 e. The number of esters is 1. The summed E-state index contributed by atoms with van der Waals surface area (Å²) in [4.78, 5) is 48.6. The molecule has 3 heterocycles. The molecular formula is C15H16N6O7S. The number of nitrogens with one attached hydrogen (secondary N) is 2. The number of nitrogens with two attached hydrogens (primary N) is 1. The Balaban J connectivity index is 1.76. The Morgan fingerprint density at radius 1 is 1.52 bits per heavy atom. The van der Waals surface area contributed by atoms with Crippen LogP contribution in [0, 0.1) is 0 Å². The van der Waals surface area contributed by atoms with E-state index in [1.807, 2.05) is 0 Å². The molecule has 14 heteroatoms. The lowest BCUT2D eigenvalue weighted by molar-refractivity contribution is -0.150. The fourth-order valence-corrected chi connectivity index (χ4v) is 4.20. The van der Waals surface area contributed by atoms with Crippen LogP contribution in [0.1, 0.15) is 12.6 Å². The van der Waals surface area contributed by atoms with Gasteiger partial charge in [-0.25, -0.2) is 4.79 Å². The average Bonchev–Trinajstić information content (AvgIpc) is 3.09. The summed E-state index contributed by atoms with van der Waals surface area (Å²) in [6, 6.07) is 0.236. The van der Waals surface area contributed by atoms with E-state index < -0.39 is 40.9 Å². The number of oxime groups is 1. The predicted octanol–water partition coefficient (Wildman–Crippen LogP) is -1.53. The number of anilines is 1. The van der Waals surface area contributed by atoms with Gasteiger partial charge in [0.05, 0.1) is 5.69 Å². The molecule has 29 heavy (non-hydrogen) atoms. The Hall–Kier alpha value is -3.55. The zero-order valence-corrected chi connectivity index (χ0v) is 15.7. The van der Waals surface area contributed by atoms with Crippen LogP contribution in [0.3, 0.4) is 0 Å². The van der Waals surface area contributed by atoms with Gasteiger partial charge in [-0.2, -0.15) is 5.10 Å². The second-order valence-corrected chi connectivity index (χ2v) is 7.16. The highest BCUT2D eigenvalue weighted by atomic mass is 32.2. The highest BCUT2D eigenvalue weighted by Gasteiger charge is 2.54. The summed E-state index contributed by atoms with van der Waals surface area (Å²) in [7, 11) is 0. The van der Waals surface area contributed by atoms with Crippen molar-refractivity contribution >= 4 is 47.0 Å². The van der Waals surface area contributed by atoms with Gasteiger partial charge >= 0.3 is 11.9 Å². The van der Waals surface area contributed by atoms with Gasteiger partial charge in [0, 0.05) is 24.3 Å². The number of amides is 2. The molecule has 1 aromatic rings. The van der Waals surface area contributed by atoms with Gasteiger partial charge in [0.15, 0.2) is 5.71 Å². The van der Waals surface area contributed by atoms with Crippen LogP contribution in [0.5, 0.6) is 0 Å². The Morgan fingerprint density at radius 3 is 2.79 bits per heavy atom. The van der Waals surface area contributed by atoms with Crippen molar-refractivity contribution < 1.29 is 34.2 Å². The molecule has 2 amide bonds. The van der Waals surface area contributed by atoms with Crippen LogP contribution in [0.4, 0.5) is 5.82 Å². The number of thioether (sulfide) groups is 1. The molecule has 1 fully saturated rings. The third kappa shape index (κ3) is 3.73. The number of carbonyl (C=O) groups is 4. The van der Waals surface area contributed by atoms with Gasteiger partial charge in [0.1, 0.15) is 29.5 Å². The molecule has 0 bridgehead atoms. The van der Waals surface area contributed by atoms with E-state index in [2.05, 4.69) is 20.7 Å². The molecule has 0 aliphatic carbocycles. The summed E-state index contributed by atoms with van der Waals surface area (Å²) in [5, 5.41) is 29.3. The first kappa shape index (κ1) is 20.2. The molecule has 0 aromatic carbocycles. The number of carboxylic acid groups (broad SMARTS) is 1. The van der Waals surface area contributed by atoms with Crippen LogP contribution in [0.2, 0.25) is 0 Å². The third-order valence-electron chi connectivity index (χ3n) is 4.15. The highest BCUT2D eigenvalue weighted by Crippen LogP contribution is 2.40. The predicted molar refractivity (Wildman–Crippen MR) is 97.6 cm³/mol. The molecule has 2 aliphatic rings. The maximum Gasteiger partial charge on any atom is 0.352 e. The van der Waals surface area contributed by atoms with Crippen molar-refractivity contribution in [2.24, 2.45) is 5.16 Å². The number of rotatable bonds is 6. The number of nitrogen functional groups attached to an aromatic ring is 1. The average molecular weight is 424 g/mol. The van der Waals surface area contributed by atoms with Crippen molar-refractivity contribution in [3.63, 3.8) is 0 Å². The van der Waals surface area contributed by atoms with Crippen LogP contribution in [-0.2, 0) is 23.9 Å². The number of aromatic amines is 1. The van der Waals surface area contributed by atoms with Gasteiger partial charge < -0.3 is 26.1 Å². The van der Waals surface area contributed by atoms with Gasteiger partial charge in [-0.3, -0.25) is 24.4 Å². The second kappa shape index (κ2) is 7.83. The molecule has 154 valence electrons. The van der Waals surface area contributed by atoms with E-state index in [0.29, 0.717) is 0 Å². The summed E-state index contributed by atoms with van der Waals surface area (Å²) >= 11 is 1.20. The largest absolute Gasteiger partial charge is 0.477 e. The minimum atomic E-state index is -1.35. The van der Waals surface area contributed by atoms with Crippen molar-refractivity contribution in [2.45, 2.75) is 18.3 Å². The number of carboxylic acids is 1. The van der Waals surface area contributed by atoms with Gasteiger partial charge in [0.25, 0.3) is 11.8 Å². The first-order chi connectivity index (χ1) is 13.7. The third-order valence-corrected chi connectivity index (χ3v) is 5.49. The van der Waals surface area contributed by atoms with Crippen LogP contribution in [-0.4, -0.2) is 78.7 Å². The first-order valence-electron chi connectivity index (χ1n) is 8.12. The summed E-state index contributed by atoms with van der Waals surface area (Å²) in [5.41, 5.74) is 5.05. The zero-order chi connectivity index (χ0) is 21.3.